The molecule has 0 aromatic heterocycles. The Morgan fingerprint density at radius 1 is 1.40 bits per heavy atom. The Balaban J connectivity index is 2.19. The van der Waals surface area contributed by atoms with Crippen molar-refractivity contribution < 1.29 is 4.79 Å². The van der Waals surface area contributed by atoms with Crippen molar-refractivity contribution in [1.82, 2.24) is 0 Å². The van der Waals surface area contributed by atoms with Gasteiger partial charge in [0.15, 0.2) is 5.78 Å². The standard InChI is InChI=1S/C14H22O/c1-10(2)11-4-6-14(3)7-5-13(15)9-12(14)8-11/h9-11H,4-8H2,1-3H3/t11-,14-/m1/s1. The van der Waals surface area contributed by atoms with Crippen LogP contribution in [0.4, 0.5) is 0 Å². The van der Waals surface area contributed by atoms with Crippen LogP contribution in [0.1, 0.15) is 52.9 Å². The molecule has 1 nitrogen and oxygen atoms in total. The van der Waals surface area contributed by atoms with Crippen molar-refractivity contribution in [3.05, 3.63) is 11.6 Å². The molecule has 1 saturated carbocycles. The first-order chi connectivity index (χ1) is 7.01. The van der Waals surface area contributed by atoms with Crippen molar-refractivity contribution in [1.29, 1.82) is 0 Å². The molecule has 15 heavy (non-hydrogen) atoms. The molecule has 0 unspecified atom stereocenters. The molecule has 1 heteroatoms. The van der Waals surface area contributed by atoms with E-state index in [1.165, 1.54) is 24.8 Å². The monoisotopic (exact) mass is 206 g/mol. The number of ketones is 1. The number of rotatable bonds is 1. The highest BCUT2D eigenvalue weighted by molar-refractivity contribution is 5.91. The molecule has 0 amide bonds. The molecule has 0 aromatic carbocycles. The fourth-order valence-corrected chi connectivity index (χ4v) is 3.05. The molecule has 2 rings (SSSR count). The third-order valence-electron chi connectivity index (χ3n) is 4.53. The quantitative estimate of drug-likeness (QED) is 0.638. The Hall–Kier alpha value is -0.590. The Labute approximate surface area is 92.9 Å². The maximum atomic E-state index is 11.5. The Kier molecular flexibility index (Phi) is 2.74. The topological polar surface area (TPSA) is 17.1 Å². The van der Waals surface area contributed by atoms with Crippen molar-refractivity contribution in [3.63, 3.8) is 0 Å². The van der Waals surface area contributed by atoms with Gasteiger partial charge in [-0.1, -0.05) is 26.3 Å². The van der Waals surface area contributed by atoms with E-state index in [2.05, 4.69) is 20.8 Å². The lowest BCUT2D eigenvalue weighted by Gasteiger charge is -2.43. The molecule has 0 bridgehead atoms. The molecular formula is C14H22O. The van der Waals surface area contributed by atoms with Crippen LogP contribution in [0.5, 0.6) is 0 Å². The molecule has 2 aliphatic carbocycles. The van der Waals surface area contributed by atoms with Crippen LogP contribution >= 0.6 is 0 Å². The number of hydrogen-bond donors (Lipinski definition) is 0. The zero-order valence-electron chi connectivity index (χ0n) is 10.2. The van der Waals surface area contributed by atoms with E-state index in [-0.39, 0.29) is 0 Å². The van der Waals surface area contributed by atoms with E-state index in [1.54, 1.807) is 0 Å². The van der Waals surface area contributed by atoms with E-state index in [0.717, 1.165) is 24.7 Å². The highest BCUT2D eigenvalue weighted by Crippen LogP contribution is 2.49. The number of fused-ring (bicyclic) bond motifs is 1. The molecule has 0 aromatic rings. The molecule has 0 saturated heterocycles. The summed E-state index contributed by atoms with van der Waals surface area (Å²) < 4.78 is 0. The summed E-state index contributed by atoms with van der Waals surface area (Å²) in [5.74, 6) is 1.91. The second kappa shape index (κ2) is 3.77. The van der Waals surface area contributed by atoms with Crippen LogP contribution in [0, 0.1) is 17.3 Å². The fraction of sp³-hybridized carbons (Fsp3) is 0.786. The van der Waals surface area contributed by atoms with Crippen molar-refractivity contribution in [2.24, 2.45) is 17.3 Å². The van der Waals surface area contributed by atoms with Crippen LogP contribution in [0.15, 0.2) is 11.6 Å². The minimum absolute atomic E-state index is 0.354. The summed E-state index contributed by atoms with van der Waals surface area (Å²) in [6.45, 7) is 6.96. The maximum Gasteiger partial charge on any atom is 0.155 e. The summed E-state index contributed by atoms with van der Waals surface area (Å²) >= 11 is 0. The smallest absolute Gasteiger partial charge is 0.155 e. The molecule has 0 aliphatic heterocycles. The van der Waals surface area contributed by atoms with Crippen molar-refractivity contribution >= 4 is 5.78 Å². The van der Waals surface area contributed by atoms with E-state index in [9.17, 15) is 4.79 Å². The van der Waals surface area contributed by atoms with Gasteiger partial charge >= 0.3 is 0 Å². The first-order valence-corrected chi connectivity index (χ1v) is 6.25. The van der Waals surface area contributed by atoms with Gasteiger partial charge in [-0.2, -0.15) is 0 Å². The zero-order valence-corrected chi connectivity index (χ0v) is 10.2. The van der Waals surface area contributed by atoms with E-state index in [0.29, 0.717) is 11.2 Å². The average Bonchev–Trinajstić information content (AvgIpc) is 2.18. The normalized spacial score (nSPS) is 36.4. The van der Waals surface area contributed by atoms with Gasteiger partial charge in [0.2, 0.25) is 0 Å². The largest absolute Gasteiger partial charge is 0.295 e. The molecule has 1 fully saturated rings. The third-order valence-corrected chi connectivity index (χ3v) is 4.53. The first kappa shape index (κ1) is 10.9. The fourth-order valence-electron chi connectivity index (χ4n) is 3.05. The SMILES string of the molecule is CC(C)[C@@H]1CC[C@]2(C)CCC(=O)C=C2C1. The summed E-state index contributed by atoms with van der Waals surface area (Å²) in [7, 11) is 0. The molecular weight excluding hydrogens is 184 g/mol. The lowest BCUT2D eigenvalue weighted by molar-refractivity contribution is -0.116. The van der Waals surface area contributed by atoms with Crippen LogP contribution in [0.3, 0.4) is 0 Å². The van der Waals surface area contributed by atoms with Crippen molar-refractivity contribution in [2.45, 2.75) is 52.9 Å². The lowest BCUT2D eigenvalue weighted by atomic mass is 9.62. The summed E-state index contributed by atoms with van der Waals surface area (Å²) in [6.07, 6.45) is 7.61. The van der Waals surface area contributed by atoms with Gasteiger partial charge < -0.3 is 0 Å². The minimum Gasteiger partial charge on any atom is -0.295 e. The van der Waals surface area contributed by atoms with Crippen molar-refractivity contribution in [2.75, 3.05) is 0 Å². The van der Waals surface area contributed by atoms with E-state index in [1.807, 2.05) is 6.08 Å². The van der Waals surface area contributed by atoms with Crippen LogP contribution in [0.25, 0.3) is 0 Å². The molecule has 0 heterocycles. The molecule has 0 N–H and O–H groups in total. The predicted molar refractivity (Wildman–Crippen MR) is 62.6 cm³/mol. The highest BCUT2D eigenvalue weighted by Gasteiger charge is 2.38. The lowest BCUT2D eigenvalue weighted by Crippen LogP contribution is -2.32. The van der Waals surface area contributed by atoms with Crippen LogP contribution < -0.4 is 0 Å². The number of allylic oxidation sites excluding steroid dienone is 2. The maximum absolute atomic E-state index is 11.5. The zero-order chi connectivity index (χ0) is 11.1. The van der Waals surface area contributed by atoms with Gasteiger partial charge in [-0.05, 0) is 49.0 Å². The summed E-state index contributed by atoms with van der Waals surface area (Å²) in [6, 6.07) is 0. The van der Waals surface area contributed by atoms with Crippen LogP contribution in [-0.4, -0.2) is 5.78 Å². The van der Waals surface area contributed by atoms with Crippen LogP contribution in [0.2, 0.25) is 0 Å². The van der Waals surface area contributed by atoms with Gasteiger partial charge in [0.05, 0.1) is 0 Å². The predicted octanol–water partition coefficient (Wildman–Crippen LogP) is 3.74. The van der Waals surface area contributed by atoms with Crippen molar-refractivity contribution in [3.8, 4) is 0 Å². The van der Waals surface area contributed by atoms with E-state index in [4.69, 9.17) is 0 Å². The average molecular weight is 206 g/mol. The highest BCUT2D eigenvalue weighted by atomic mass is 16.1. The van der Waals surface area contributed by atoms with Gasteiger partial charge in [0.1, 0.15) is 0 Å². The van der Waals surface area contributed by atoms with Gasteiger partial charge in [-0.15, -0.1) is 0 Å². The molecule has 84 valence electrons. The van der Waals surface area contributed by atoms with Gasteiger partial charge in [0.25, 0.3) is 0 Å². The Morgan fingerprint density at radius 2 is 2.13 bits per heavy atom. The van der Waals surface area contributed by atoms with E-state index >= 15 is 0 Å². The minimum atomic E-state index is 0.354. The second-order valence-corrected chi connectivity index (χ2v) is 5.94. The van der Waals surface area contributed by atoms with E-state index < -0.39 is 0 Å². The summed E-state index contributed by atoms with van der Waals surface area (Å²) in [5.41, 5.74) is 1.81. The van der Waals surface area contributed by atoms with Gasteiger partial charge in [-0.3, -0.25) is 4.79 Å². The summed E-state index contributed by atoms with van der Waals surface area (Å²) in [4.78, 5) is 11.5. The second-order valence-electron chi connectivity index (χ2n) is 5.94. The molecule has 2 aliphatic rings. The molecule has 0 radical (unpaired) electrons. The Bertz CT molecular complexity index is 300. The third kappa shape index (κ3) is 2.02. The number of hydrogen-bond acceptors (Lipinski definition) is 1. The molecule has 2 atom stereocenters. The Morgan fingerprint density at radius 3 is 2.80 bits per heavy atom. The van der Waals surface area contributed by atoms with Crippen LogP contribution in [-0.2, 0) is 4.79 Å². The number of carbonyl (C=O) groups excluding carboxylic acids is 1. The first-order valence-electron chi connectivity index (χ1n) is 6.25. The van der Waals surface area contributed by atoms with Gasteiger partial charge in [0, 0.05) is 6.42 Å². The molecule has 0 spiro atoms. The summed E-state index contributed by atoms with van der Waals surface area (Å²) in [5, 5.41) is 0. The number of carbonyl (C=O) groups is 1. The van der Waals surface area contributed by atoms with Gasteiger partial charge in [-0.25, -0.2) is 0 Å².